The number of ketones is 1. The molecule has 0 aliphatic carbocycles. The van der Waals surface area contributed by atoms with Gasteiger partial charge in [0.25, 0.3) is 5.91 Å². The lowest BCUT2D eigenvalue weighted by Crippen LogP contribution is -2.37. The van der Waals surface area contributed by atoms with Gasteiger partial charge >= 0.3 is 0 Å². The smallest absolute Gasteiger partial charge is 0.252 e. The third kappa shape index (κ3) is 5.80. The van der Waals surface area contributed by atoms with Crippen LogP contribution in [0.4, 0.5) is 0 Å². The second-order valence-corrected chi connectivity index (χ2v) is 9.41. The number of fused-ring (bicyclic) bond motifs is 1. The van der Waals surface area contributed by atoms with Crippen LogP contribution in [0.2, 0.25) is 0 Å². The molecule has 0 saturated carbocycles. The Morgan fingerprint density at radius 3 is 2.54 bits per heavy atom. The molecule has 0 saturated heterocycles. The Hall–Kier alpha value is -3.45. The zero-order valence-corrected chi connectivity index (χ0v) is 20.9. The molecule has 2 heterocycles. The van der Waals surface area contributed by atoms with Crippen molar-refractivity contribution in [1.82, 2.24) is 15.2 Å². The van der Waals surface area contributed by atoms with Gasteiger partial charge in [-0.25, -0.2) is 0 Å². The first-order valence-electron chi connectivity index (χ1n) is 11.7. The lowest BCUT2D eigenvalue weighted by atomic mass is 9.94. The summed E-state index contributed by atoms with van der Waals surface area (Å²) in [5.74, 6) is -0.151. The number of aryl methyl sites for hydroxylation is 1. The fourth-order valence-electron chi connectivity index (χ4n) is 4.41. The number of thioether (sulfide) groups is 1. The summed E-state index contributed by atoms with van der Waals surface area (Å²) in [7, 11) is 0. The molecule has 2 amide bonds. The minimum Gasteiger partial charge on any atom is -0.348 e. The fourth-order valence-corrected chi connectivity index (χ4v) is 5.01. The van der Waals surface area contributed by atoms with E-state index in [-0.39, 0.29) is 30.4 Å². The highest BCUT2D eigenvalue weighted by Gasteiger charge is 2.24. The molecular formula is C28H29N3O3S. The number of rotatable bonds is 8. The van der Waals surface area contributed by atoms with Crippen molar-refractivity contribution in [3.63, 3.8) is 0 Å². The number of hydrogen-bond acceptors (Lipinski definition) is 5. The average molecular weight is 488 g/mol. The minimum atomic E-state index is -0.109. The molecule has 1 aliphatic rings. The highest BCUT2D eigenvalue weighted by atomic mass is 32.2. The van der Waals surface area contributed by atoms with Gasteiger partial charge in [0.05, 0.1) is 5.56 Å². The van der Waals surface area contributed by atoms with Gasteiger partial charge in [-0.3, -0.25) is 19.4 Å². The molecule has 35 heavy (non-hydrogen) atoms. The van der Waals surface area contributed by atoms with Crippen molar-refractivity contribution in [3.05, 3.63) is 94.3 Å². The van der Waals surface area contributed by atoms with Crippen molar-refractivity contribution in [1.29, 1.82) is 0 Å². The number of Topliss-reactive ketones (excluding diaryl/α,β-unsaturated/α-hetero) is 1. The van der Waals surface area contributed by atoms with Gasteiger partial charge in [-0.2, -0.15) is 0 Å². The molecule has 7 heteroatoms. The topological polar surface area (TPSA) is 79.4 Å². The van der Waals surface area contributed by atoms with Gasteiger partial charge in [0.15, 0.2) is 5.78 Å². The zero-order valence-electron chi connectivity index (χ0n) is 20.0. The predicted octanol–water partition coefficient (Wildman–Crippen LogP) is 4.59. The summed E-state index contributed by atoms with van der Waals surface area (Å²) in [6.45, 7) is 3.40. The third-order valence-corrected chi connectivity index (χ3v) is 7.18. The first-order valence-corrected chi connectivity index (χ1v) is 12.9. The van der Waals surface area contributed by atoms with Gasteiger partial charge in [0, 0.05) is 54.8 Å². The number of nitrogens with one attached hydrogen (secondary N) is 1. The summed E-state index contributed by atoms with van der Waals surface area (Å²) in [5, 5.41) is 3.05. The molecule has 0 bridgehead atoms. The zero-order chi connectivity index (χ0) is 24.8. The van der Waals surface area contributed by atoms with Crippen LogP contribution in [-0.4, -0.2) is 40.3 Å². The SMILES string of the molecule is CSc1ccccc1C(=O)NCc1c(C)ncc2c1CCN(C(=O)CCC(=O)c1ccccc1)C2. The molecule has 2 aromatic carbocycles. The van der Waals surface area contributed by atoms with Crippen LogP contribution in [0, 0.1) is 6.92 Å². The highest BCUT2D eigenvalue weighted by molar-refractivity contribution is 7.98. The van der Waals surface area contributed by atoms with Crippen LogP contribution < -0.4 is 5.32 Å². The Bertz CT molecular complexity index is 1240. The van der Waals surface area contributed by atoms with Gasteiger partial charge < -0.3 is 10.2 Å². The molecule has 1 N–H and O–H groups in total. The van der Waals surface area contributed by atoms with Crippen LogP contribution in [0.25, 0.3) is 0 Å². The van der Waals surface area contributed by atoms with Gasteiger partial charge in [0.1, 0.15) is 0 Å². The van der Waals surface area contributed by atoms with E-state index in [9.17, 15) is 14.4 Å². The first-order chi connectivity index (χ1) is 17.0. The second-order valence-electron chi connectivity index (χ2n) is 8.56. The van der Waals surface area contributed by atoms with Crippen molar-refractivity contribution in [2.75, 3.05) is 12.8 Å². The first kappa shape index (κ1) is 24.7. The molecule has 1 aromatic heterocycles. The number of carbonyl (C=O) groups excluding carboxylic acids is 3. The van der Waals surface area contributed by atoms with E-state index >= 15 is 0 Å². The van der Waals surface area contributed by atoms with Crippen LogP contribution in [0.3, 0.4) is 0 Å². The van der Waals surface area contributed by atoms with Crippen LogP contribution in [0.15, 0.2) is 65.7 Å². The molecule has 6 nitrogen and oxygen atoms in total. The van der Waals surface area contributed by atoms with Crippen molar-refractivity contribution < 1.29 is 14.4 Å². The van der Waals surface area contributed by atoms with Gasteiger partial charge in [-0.15, -0.1) is 11.8 Å². The number of pyridine rings is 1. The molecule has 1 aliphatic heterocycles. The van der Waals surface area contributed by atoms with Gasteiger partial charge in [-0.05, 0) is 48.4 Å². The van der Waals surface area contributed by atoms with Crippen molar-refractivity contribution in [2.45, 2.75) is 44.2 Å². The van der Waals surface area contributed by atoms with Crippen LogP contribution in [0.5, 0.6) is 0 Å². The molecule has 0 unspecified atom stereocenters. The molecule has 0 fully saturated rings. The Labute approximate surface area is 210 Å². The number of hydrogen-bond donors (Lipinski definition) is 1. The van der Waals surface area contributed by atoms with Crippen molar-refractivity contribution >= 4 is 29.4 Å². The summed E-state index contributed by atoms with van der Waals surface area (Å²) < 4.78 is 0. The molecule has 0 spiro atoms. The van der Waals surface area contributed by atoms with E-state index in [0.717, 1.165) is 27.3 Å². The molecule has 3 aromatic rings. The normalized spacial score (nSPS) is 12.7. The Kier molecular flexibility index (Phi) is 7.98. The number of aromatic nitrogens is 1. The minimum absolute atomic E-state index is 0.0188. The van der Waals surface area contributed by atoms with Crippen molar-refractivity contribution in [2.24, 2.45) is 0 Å². The Morgan fingerprint density at radius 2 is 1.77 bits per heavy atom. The molecule has 4 rings (SSSR count). The lowest BCUT2D eigenvalue weighted by molar-refractivity contribution is -0.132. The van der Waals surface area contributed by atoms with Crippen LogP contribution >= 0.6 is 11.8 Å². The summed E-state index contributed by atoms with van der Waals surface area (Å²) in [6, 6.07) is 16.6. The summed E-state index contributed by atoms with van der Waals surface area (Å²) in [5.41, 5.74) is 5.35. The quantitative estimate of drug-likeness (QED) is 0.371. The monoisotopic (exact) mass is 487 g/mol. The summed E-state index contributed by atoms with van der Waals surface area (Å²) in [6.07, 6.45) is 4.88. The summed E-state index contributed by atoms with van der Waals surface area (Å²) >= 11 is 1.55. The van der Waals surface area contributed by atoms with Gasteiger partial charge in [0.2, 0.25) is 5.91 Å². The fraction of sp³-hybridized carbons (Fsp3) is 0.286. The number of amides is 2. The van der Waals surface area contributed by atoms with E-state index < -0.39 is 0 Å². The maximum absolute atomic E-state index is 12.8. The third-order valence-electron chi connectivity index (χ3n) is 6.39. The number of nitrogens with zero attached hydrogens (tertiary/aromatic N) is 2. The van der Waals surface area contributed by atoms with Crippen molar-refractivity contribution in [3.8, 4) is 0 Å². The lowest BCUT2D eigenvalue weighted by Gasteiger charge is -2.30. The molecule has 0 atom stereocenters. The van der Waals surface area contributed by atoms with Crippen LogP contribution in [0.1, 0.15) is 55.9 Å². The van der Waals surface area contributed by atoms with Gasteiger partial charge in [-0.1, -0.05) is 42.5 Å². The van der Waals surface area contributed by atoms with Crippen LogP contribution in [-0.2, 0) is 24.3 Å². The van der Waals surface area contributed by atoms with E-state index in [2.05, 4.69) is 10.3 Å². The Balaban J connectivity index is 1.39. The number of carbonyl (C=O) groups is 3. The van der Waals surface area contributed by atoms with E-state index in [1.54, 1.807) is 28.8 Å². The largest absolute Gasteiger partial charge is 0.348 e. The second kappa shape index (κ2) is 11.3. The van der Waals surface area contributed by atoms with E-state index in [1.807, 2.05) is 61.8 Å². The molecule has 180 valence electrons. The molecule has 0 radical (unpaired) electrons. The average Bonchev–Trinajstić information content (AvgIpc) is 2.90. The Morgan fingerprint density at radius 1 is 1.03 bits per heavy atom. The molecular weight excluding hydrogens is 458 g/mol. The maximum atomic E-state index is 12.8. The van der Waals surface area contributed by atoms with E-state index in [1.165, 1.54) is 0 Å². The predicted molar refractivity (Wildman–Crippen MR) is 137 cm³/mol. The van der Waals surface area contributed by atoms with E-state index in [4.69, 9.17) is 0 Å². The van der Waals surface area contributed by atoms with E-state index in [0.29, 0.717) is 37.2 Å². The maximum Gasteiger partial charge on any atom is 0.252 e. The summed E-state index contributed by atoms with van der Waals surface area (Å²) in [4.78, 5) is 45.3. The highest BCUT2D eigenvalue weighted by Crippen LogP contribution is 2.25. The standard InChI is InChI=1S/C28H29N3O3S/c1-19-24(17-30-28(34)23-10-6-7-11-26(23)35-2)22-14-15-31(18-21(22)16-29-19)27(33)13-12-25(32)20-8-4-3-5-9-20/h3-11,16H,12-15,17-18H2,1-2H3,(H,30,34). The number of benzene rings is 2.